The minimum absolute atomic E-state index is 0.404. The Bertz CT molecular complexity index is 768. The van der Waals surface area contributed by atoms with Crippen molar-refractivity contribution < 1.29 is 4.79 Å². The predicted molar refractivity (Wildman–Crippen MR) is 100 cm³/mol. The van der Waals surface area contributed by atoms with Gasteiger partial charge in [-0.1, -0.05) is 18.2 Å². The number of aromatic nitrogens is 1. The Morgan fingerprint density at radius 2 is 1.92 bits per heavy atom. The quantitative estimate of drug-likeness (QED) is 0.932. The van der Waals surface area contributed by atoms with Crippen LogP contribution in [0.4, 0.5) is 11.4 Å². The summed E-state index contributed by atoms with van der Waals surface area (Å²) in [6.45, 7) is 4.19. The second-order valence-electron chi connectivity index (χ2n) is 7.01. The van der Waals surface area contributed by atoms with Gasteiger partial charge in [0.2, 0.25) is 0 Å². The minimum Gasteiger partial charge on any atom is -0.371 e. The van der Waals surface area contributed by atoms with Crippen molar-refractivity contribution in [3.8, 4) is 0 Å². The number of carbonyl (C=O) groups excluding carboxylic acids is 1. The SMILES string of the molecule is NC(=O)c1cnccc1N1CCC(CN2CCc3ccccc32)CC1. The van der Waals surface area contributed by atoms with Crippen molar-refractivity contribution in [2.45, 2.75) is 19.3 Å². The second-order valence-corrected chi connectivity index (χ2v) is 7.01. The third-order valence-electron chi connectivity index (χ3n) is 5.48. The number of piperidine rings is 1. The maximum absolute atomic E-state index is 11.6. The van der Waals surface area contributed by atoms with E-state index < -0.39 is 5.91 Å². The van der Waals surface area contributed by atoms with Crippen LogP contribution in [0.25, 0.3) is 0 Å². The van der Waals surface area contributed by atoms with E-state index in [-0.39, 0.29) is 0 Å². The fraction of sp³-hybridized carbons (Fsp3) is 0.400. The van der Waals surface area contributed by atoms with Crippen LogP contribution < -0.4 is 15.5 Å². The van der Waals surface area contributed by atoms with Gasteiger partial charge < -0.3 is 15.5 Å². The standard InChI is InChI=1S/C20H24N4O/c21-20(25)17-13-22-9-5-19(17)23-10-6-15(7-11-23)14-24-12-8-16-3-1-2-4-18(16)24/h1-5,9,13,15H,6-8,10-12,14H2,(H2,21,25). The van der Waals surface area contributed by atoms with E-state index in [0.29, 0.717) is 11.5 Å². The lowest BCUT2D eigenvalue weighted by atomic mass is 9.95. The van der Waals surface area contributed by atoms with Gasteiger partial charge in [0.15, 0.2) is 0 Å². The van der Waals surface area contributed by atoms with Gasteiger partial charge in [-0.3, -0.25) is 9.78 Å². The van der Waals surface area contributed by atoms with Gasteiger partial charge >= 0.3 is 0 Å². The predicted octanol–water partition coefficient (Wildman–Crippen LogP) is 2.46. The second kappa shape index (κ2) is 6.75. The number of hydrogen-bond donors (Lipinski definition) is 1. The summed E-state index contributed by atoms with van der Waals surface area (Å²) in [6.07, 6.45) is 6.74. The largest absolute Gasteiger partial charge is 0.371 e. The molecule has 25 heavy (non-hydrogen) atoms. The van der Waals surface area contributed by atoms with E-state index >= 15 is 0 Å². The lowest BCUT2D eigenvalue weighted by Crippen LogP contribution is -2.39. The molecule has 4 rings (SSSR count). The summed E-state index contributed by atoms with van der Waals surface area (Å²) in [5.74, 6) is 0.292. The number of rotatable bonds is 4. The minimum atomic E-state index is -0.404. The van der Waals surface area contributed by atoms with Crippen LogP contribution in [0.5, 0.6) is 0 Å². The maximum Gasteiger partial charge on any atom is 0.252 e. The van der Waals surface area contributed by atoms with E-state index in [4.69, 9.17) is 5.73 Å². The van der Waals surface area contributed by atoms with Gasteiger partial charge in [-0.15, -0.1) is 0 Å². The van der Waals surface area contributed by atoms with Crippen LogP contribution in [-0.4, -0.2) is 37.1 Å². The average molecular weight is 336 g/mol. The highest BCUT2D eigenvalue weighted by Crippen LogP contribution is 2.31. The van der Waals surface area contributed by atoms with E-state index in [9.17, 15) is 4.79 Å². The van der Waals surface area contributed by atoms with Crippen molar-refractivity contribution in [1.82, 2.24) is 4.98 Å². The van der Waals surface area contributed by atoms with Crippen molar-refractivity contribution in [3.05, 3.63) is 53.9 Å². The summed E-state index contributed by atoms with van der Waals surface area (Å²) in [7, 11) is 0. The molecule has 2 aliphatic rings. The summed E-state index contributed by atoms with van der Waals surface area (Å²) >= 11 is 0. The van der Waals surface area contributed by atoms with Crippen LogP contribution in [-0.2, 0) is 6.42 Å². The van der Waals surface area contributed by atoms with Gasteiger partial charge in [0, 0.05) is 44.3 Å². The molecular weight excluding hydrogens is 312 g/mol. The van der Waals surface area contributed by atoms with Crippen LogP contribution in [0.2, 0.25) is 0 Å². The Hall–Kier alpha value is -2.56. The Morgan fingerprint density at radius 1 is 1.12 bits per heavy atom. The first kappa shape index (κ1) is 15.9. The molecule has 2 aromatic rings. The van der Waals surface area contributed by atoms with Gasteiger partial charge in [-0.25, -0.2) is 0 Å². The molecular formula is C20H24N4O. The van der Waals surface area contributed by atoms with Gasteiger partial charge in [-0.05, 0) is 42.9 Å². The van der Waals surface area contributed by atoms with Crippen molar-refractivity contribution in [2.24, 2.45) is 11.7 Å². The zero-order valence-electron chi connectivity index (χ0n) is 14.4. The first-order valence-corrected chi connectivity index (χ1v) is 9.04. The Balaban J connectivity index is 1.39. The lowest BCUT2D eigenvalue weighted by molar-refractivity contribution is 0.100. The molecule has 2 aliphatic heterocycles. The Morgan fingerprint density at radius 3 is 2.72 bits per heavy atom. The number of pyridine rings is 1. The number of fused-ring (bicyclic) bond motifs is 1. The highest BCUT2D eigenvalue weighted by Gasteiger charge is 2.26. The van der Waals surface area contributed by atoms with Gasteiger partial charge in [-0.2, -0.15) is 0 Å². The molecule has 1 fully saturated rings. The van der Waals surface area contributed by atoms with Crippen LogP contribution >= 0.6 is 0 Å². The average Bonchev–Trinajstić information content (AvgIpc) is 3.05. The molecule has 0 unspecified atom stereocenters. The number of hydrogen-bond acceptors (Lipinski definition) is 4. The monoisotopic (exact) mass is 336 g/mol. The third kappa shape index (κ3) is 3.18. The number of benzene rings is 1. The molecule has 1 saturated heterocycles. The molecule has 0 atom stereocenters. The fourth-order valence-electron chi connectivity index (χ4n) is 4.12. The Labute approximate surface area is 148 Å². The van der Waals surface area contributed by atoms with E-state index in [1.807, 2.05) is 6.07 Å². The van der Waals surface area contributed by atoms with Crippen LogP contribution in [0.1, 0.15) is 28.8 Å². The molecule has 3 heterocycles. The number of anilines is 2. The van der Waals surface area contributed by atoms with Crippen LogP contribution in [0.3, 0.4) is 0 Å². The smallest absolute Gasteiger partial charge is 0.252 e. The molecule has 1 amide bonds. The summed E-state index contributed by atoms with van der Waals surface area (Å²) in [6, 6.07) is 10.7. The molecule has 0 saturated carbocycles. The normalized spacial score (nSPS) is 17.6. The van der Waals surface area contributed by atoms with Gasteiger partial charge in [0.05, 0.1) is 11.3 Å². The van der Waals surface area contributed by atoms with E-state index in [2.05, 4.69) is 39.0 Å². The molecule has 1 aromatic heterocycles. The van der Waals surface area contributed by atoms with Crippen molar-refractivity contribution in [3.63, 3.8) is 0 Å². The molecule has 0 spiro atoms. The Kier molecular flexibility index (Phi) is 4.30. The first-order valence-electron chi connectivity index (χ1n) is 9.04. The summed E-state index contributed by atoms with van der Waals surface area (Å²) in [5.41, 5.74) is 9.82. The summed E-state index contributed by atoms with van der Waals surface area (Å²) < 4.78 is 0. The van der Waals surface area contributed by atoms with Crippen molar-refractivity contribution >= 4 is 17.3 Å². The zero-order chi connectivity index (χ0) is 17.2. The molecule has 1 aromatic carbocycles. The molecule has 2 N–H and O–H groups in total. The van der Waals surface area contributed by atoms with Gasteiger partial charge in [0.1, 0.15) is 0 Å². The number of nitrogens with zero attached hydrogens (tertiary/aromatic N) is 3. The summed E-state index contributed by atoms with van der Waals surface area (Å²) in [5, 5.41) is 0. The maximum atomic E-state index is 11.6. The van der Waals surface area contributed by atoms with Crippen molar-refractivity contribution in [2.75, 3.05) is 36.0 Å². The van der Waals surface area contributed by atoms with Crippen LogP contribution in [0, 0.1) is 5.92 Å². The topological polar surface area (TPSA) is 62.5 Å². The highest BCUT2D eigenvalue weighted by atomic mass is 16.1. The summed E-state index contributed by atoms with van der Waals surface area (Å²) in [4.78, 5) is 20.5. The van der Waals surface area contributed by atoms with E-state index in [1.165, 1.54) is 11.3 Å². The van der Waals surface area contributed by atoms with E-state index in [1.54, 1.807) is 12.4 Å². The first-order chi connectivity index (χ1) is 12.2. The third-order valence-corrected chi connectivity index (χ3v) is 5.48. The molecule has 130 valence electrons. The number of para-hydroxylation sites is 1. The number of nitrogens with two attached hydrogens (primary N) is 1. The van der Waals surface area contributed by atoms with Crippen molar-refractivity contribution in [1.29, 1.82) is 0 Å². The lowest BCUT2D eigenvalue weighted by Gasteiger charge is -2.36. The fourth-order valence-corrected chi connectivity index (χ4v) is 4.12. The number of carbonyl (C=O) groups is 1. The van der Waals surface area contributed by atoms with Crippen LogP contribution in [0.15, 0.2) is 42.7 Å². The molecule has 0 aliphatic carbocycles. The zero-order valence-corrected chi connectivity index (χ0v) is 14.4. The molecule has 5 nitrogen and oxygen atoms in total. The number of primary amides is 1. The molecule has 0 radical (unpaired) electrons. The molecule has 0 bridgehead atoms. The van der Waals surface area contributed by atoms with E-state index in [0.717, 1.165) is 51.1 Å². The molecule has 5 heteroatoms. The number of amides is 1. The highest BCUT2D eigenvalue weighted by molar-refractivity contribution is 5.98. The van der Waals surface area contributed by atoms with Gasteiger partial charge in [0.25, 0.3) is 5.91 Å².